The highest BCUT2D eigenvalue weighted by molar-refractivity contribution is 7.17. The van der Waals surface area contributed by atoms with E-state index in [0.29, 0.717) is 15.6 Å². The van der Waals surface area contributed by atoms with Crippen molar-refractivity contribution in [2.75, 3.05) is 5.32 Å². The lowest BCUT2D eigenvalue weighted by Crippen LogP contribution is -2.14. The van der Waals surface area contributed by atoms with Crippen LogP contribution in [0, 0.1) is 0 Å². The van der Waals surface area contributed by atoms with Gasteiger partial charge >= 0.3 is 6.18 Å². The van der Waals surface area contributed by atoms with E-state index in [1.165, 1.54) is 35.7 Å². The minimum Gasteiger partial charge on any atom is -0.332 e. The van der Waals surface area contributed by atoms with Crippen LogP contribution >= 0.6 is 11.3 Å². The van der Waals surface area contributed by atoms with Gasteiger partial charge in [-0.15, -0.1) is 0 Å². The van der Waals surface area contributed by atoms with Crippen LogP contribution in [-0.2, 0) is 6.18 Å². The first-order chi connectivity index (χ1) is 13.4. The smallest absolute Gasteiger partial charge is 0.332 e. The van der Waals surface area contributed by atoms with Crippen LogP contribution in [0.3, 0.4) is 0 Å². The average Bonchev–Trinajstić information content (AvgIpc) is 3.14. The Morgan fingerprint density at radius 1 is 1.07 bits per heavy atom. The quantitative estimate of drug-likeness (QED) is 0.477. The van der Waals surface area contributed by atoms with Crippen LogP contribution in [0.2, 0.25) is 0 Å². The third-order valence-corrected chi connectivity index (χ3v) is 4.79. The Bertz CT molecular complexity index is 1020. The van der Waals surface area contributed by atoms with Crippen LogP contribution in [0.5, 0.6) is 0 Å². The fourth-order valence-corrected chi connectivity index (χ4v) is 3.38. The molecule has 0 spiro atoms. The van der Waals surface area contributed by atoms with Gasteiger partial charge < -0.3 is 5.32 Å². The number of thiazole rings is 1. The maximum Gasteiger partial charge on any atom is 0.417 e. The number of alkyl halides is 3. The largest absolute Gasteiger partial charge is 0.417 e. The Kier molecular flexibility index (Phi) is 5.75. The molecule has 1 N–H and O–H groups in total. The van der Waals surface area contributed by atoms with Crippen LogP contribution in [-0.4, -0.2) is 10.7 Å². The summed E-state index contributed by atoms with van der Waals surface area (Å²) in [5, 5.41) is 3.75. The number of rotatable bonds is 6. The molecule has 142 valence electrons. The Balaban J connectivity index is 1.94. The molecule has 3 nitrogen and oxygen atoms in total. The van der Waals surface area contributed by atoms with E-state index in [0.717, 1.165) is 11.8 Å². The fourth-order valence-electron chi connectivity index (χ4n) is 2.57. The van der Waals surface area contributed by atoms with E-state index in [1.54, 1.807) is 6.20 Å². The first-order valence-corrected chi connectivity index (χ1v) is 9.04. The van der Waals surface area contributed by atoms with Crippen molar-refractivity contribution in [1.29, 1.82) is 0 Å². The monoisotopic (exact) mass is 399 g/mol. The van der Waals surface area contributed by atoms with Crippen molar-refractivity contribution in [2.24, 2.45) is 4.99 Å². The second-order valence-electron chi connectivity index (χ2n) is 5.70. The van der Waals surface area contributed by atoms with E-state index in [4.69, 9.17) is 0 Å². The summed E-state index contributed by atoms with van der Waals surface area (Å²) in [4.78, 5) is 8.97. The molecule has 0 radical (unpaired) electrons. The fraction of sp³-hybridized carbons (Fsp3) is 0.0476. The van der Waals surface area contributed by atoms with Crippen LogP contribution in [0.25, 0.3) is 5.57 Å². The van der Waals surface area contributed by atoms with Gasteiger partial charge in [-0.25, -0.2) is 4.98 Å². The number of anilines is 2. The topological polar surface area (TPSA) is 37.3 Å². The number of benzene rings is 2. The van der Waals surface area contributed by atoms with Crippen molar-refractivity contribution in [3.05, 3.63) is 96.2 Å². The molecule has 0 saturated carbocycles. The maximum atomic E-state index is 13.4. The number of nitrogens with one attached hydrogen (secondary N) is 1. The number of nitrogens with zero attached hydrogens (tertiary/aromatic N) is 2. The zero-order valence-electron chi connectivity index (χ0n) is 14.7. The summed E-state index contributed by atoms with van der Waals surface area (Å²) in [5.74, 6) is 0. The first kappa shape index (κ1) is 19.6. The zero-order chi connectivity index (χ0) is 20.1. The highest BCUT2D eigenvalue weighted by atomic mass is 32.1. The normalized spacial score (nSPS) is 11.9. The van der Waals surface area contributed by atoms with Gasteiger partial charge in [0, 0.05) is 29.2 Å². The van der Waals surface area contributed by atoms with Gasteiger partial charge in [-0.3, -0.25) is 4.99 Å². The standard InChI is InChI=1S/C21H16F3N3S/c1-3-25-19(16-11-7-8-12-17(16)21(22,23)24)14(2)18-13-26-20(28-18)27-15-9-5-4-6-10-15/h3-13H,1-2H2,(H,26,27). The average molecular weight is 399 g/mol. The molecule has 1 aromatic heterocycles. The van der Waals surface area contributed by atoms with Gasteiger partial charge in [-0.05, 0) is 18.2 Å². The summed E-state index contributed by atoms with van der Waals surface area (Å²) in [7, 11) is 0. The lowest BCUT2D eigenvalue weighted by molar-refractivity contribution is -0.137. The van der Waals surface area contributed by atoms with Gasteiger partial charge in [0.2, 0.25) is 0 Å². The molecular weight excluding hydrogens is 383 g/mol. The van der Waals surface area contributed by atoms with E-state index >= 15 is 0 Å². The molecule has 0 aliphatic rings. The molecule has 2 aromatic carbocycles. The van der Waals surface area contributed by atoms with Crippen molar-refractivity contribution in [1.82, 2.24) is 4.98 Å². The summed E-state index contributed by atoms with van der Waals surface area (Å²) in [5.41, 5.74) is 0.485. The molecule has 28 heavy (non-hydrogen) atoms. The highest BCUT2D eigenvalue weighted by Crippen LogP contribution is 2.35. The van der Waals surface area contributed by atoms with E-state index in [-0.39, 0.29) is 11.3 Å². The molecular formula is C21H16F3N3S. The van der Waals surface area contributed by atoms with Crippen molar-refractivity contribution >= 4 is 33.4 Å². The summed E-state index contributed by atoms with van der Waals surface area (Å²) >= 11 is 1.28. The summed E-state index contributed by atoms with van der Waals surface area (Å²) in [6.07, 6.45) is -1.74. The third-order valence-electron chi connectivity index (χ3n) is 3.82. The molecule has 3 rings (SSSR count). The van der Waals surface area contributed by atoms with Gasteiger partial charge in [0.1, 0.15) is 0 Å². The first-order valence-electron chi connectivity index (χ1n) is 8.23. The lowest BCUT2D eigenvalue weighted by atomic mass is 9.97. The number of para-hydroxylation sites is 1. The number of aromatic nitrogens is 1. The summed E-state index contributed by atoms with van der Waals surface area (Å²) in [6, 6.07) is 14.7. The van der Waals surface area contributed by atoms with Gasteiger partial charge in [0.05, 0.1) is 16.2 Å². The van der Waals surface area contributed by atoms with Crippen molar-refractivity contribution < 1.29 is 13.2 Å². The predicted octanol–water partition coefficient (Wildman–Crippen LogP) is 6.55. The SMILES string of the molecule is C=CN=C(C(=C)c1cnc(Nc2ccccc2)s1)c1ccccc1C(F)(F)F. The van der Waals surface area contributed by atoms with E-state index in [9.17, 15) is 13.2 Å². The van der Waals surface area contributed by atoms with Crippen molar-refractivity contribution in [3.63, 3.8) is 0 Å². The van der Waals surface area contributed by atoms with Crippen molar-refractivity contribution in [3.8, 4) is 0 Å². The van der Waals surface area contributed by atoms with Crippen LogP contribution in [0.1, 0.15) is 16.0 Å². The molecule has 3 aromatic rings. The van der Waals surface area contributed by atoms with E-state index < -0.39 is 11.7 Å². The minimum absolute atomic E-state index is 0.0501. The van der Waals surface area contributed by atoms with Gasteiger partial charge in [0.25, 0.3) is 0 Å². The molecule has 0 saturated heterocycles. The van der Waals surface area contributed by atoms with Gasteiger partial charge in [0.15, 0.2) is 5.13 Å². The van der Waals surface area contributed by atoms with Gasteiger partial charge in [-0.2, -0.15) is 13.2 Å². The predicted molar refractivity (Wildman–Crippen MR) is 109 cm³/mol. The minimum atomic E-state index is -4.51. The van der Waals surface area contributed by atoms with E-state index in [1.807, 2.05) is 30.3 Å². The van der Waals surface area contributed by atoms with Crippen LogP contribution < -0.4 is 5.32 Å². The van der Waals surface area contributed by atoms with Gasteiger partial charge in [-0.1, -0.05) is 60.9 Å². The molecule has 0 amide bonds. The molecule has 0 aliphatic heterocycles. The number of hydrogen-bond donors (Lipinski definition) is 1. The molecule has 0 fully saturated rings. The second-order valence-corrected chi connectivity index (χ2v) is 6.73. The summed E-state index contributed by atoms with van der Waals surface area (Å²) in [6.45, 7) is 7.48. The molecule has 0 aliphatic carbocycles. The number of allylic oxidation sites excluding steroid dienone is 1. The number of hydrogen-bond acceptors (Lipinski definition) is 4. The molecule has 7 heteroatoms. The third kappa shape index (κ3) is 4.37. The molecule has 0 atom stereocenters. The number of aliphatic imine (C=N–C) groups is 1. The molecule has 1 heterocycles. The Morgan fingerprint density at radius 2 is 1.75 bits per heavy atom. The van der Waals surface area contributed by atoms with Crippen LogP contribution in [0.15, 0.2) is 85.1 Å². The van der Waals surface area contributed by atoms with E-state index in [2.05, 4.69) is 28.5 Å². The second kappa shape index (κ2) is 8.22. The Labute approximate surface area is 164 Å². The van der Waals surface area contributed by atoms with Crippen LogP contribution in [0.4, 0.5) is 24.0 Å². The molecule has 0 unspecified atom stereocenters. The zero-order valence-corrected chi connectivity index (χ0v) is 15.5. The Hall–Kier alpha value is -3.19. The van der Waals surface area contributed by atoms with Crippen molar-refractivity contribution in [2.45, 2.75) is 6.18 Å². The lowest BCUT2D eigenvalue weighted by Gasteiger charge is -2.15. The Morgan fingerprint density at radius 3 is 2.43 bits per heavy atom. The number of halogens is 3. The maximum absolute atomic E-state index is 13.4. The highest BCUT2D eigenvalue weighted by Gasteiger charge is 2.34. The molecule has 0 bridgehead atoms. The summed E-state index contributed by atoms with van der Waals surface area (Å²) < 4.78 is 40.3.